The molecule has 0 atom stereocenters. The van der Waals surface area contributed by atoms with Gasteiger partial charge in [0.25, 0.3) is 0 Å². The molecule has 0 bridgehead atoms. The monoisotopic (exact) mass is 122 g/mol. The second-order valence-electron chi connectivity index (χ2n) is 1.49. The average Bonchev–Trinajstić information content (AvgIpc) is 2.34. The molecule has 0 aliphatic heterocycles. The van der Waals surface area contributed by atoms with Crippen LogP contribution in [0.15, 0.2) is 22.8 Å². The summed E-state index contributed by atoms with van der Waals surface area (Å²) in [6, 6.07) is 3.59. The highest BCUT2D eigenvalue weighted by Gasteiger charge is 1.90. The van der Waals surface area contributed by atoms with Crippen LogP contribution in [-0.2, 0) is 11.3 Å². The van der Waals surface area contributed by atoms with Gasteiger partial charge in [-0.15, -0.1) is 0 Å². The van der Waals surface area contributed by atoms with Gasteiger partial charge in [0.15, 0.2) is 6.61 Å². The SMILES string of the molecule is C#COCc1ccco1. The maximum atomic E-state index is 4.92. The average molecular weight is 122 g/mol. The van der Waals surface area contributed by atoms with Gasteiger partial charge in [0.2, 0.25) is 0 Å². The minimum atomic E-state index is 0.351. The molecule has 1 rings (SSSR count). The summed E-state index contributed by atoms with van der Waals surface area (Å²) in [4.78, 5) is 0. The molecule has 0 unspecified atom stereocenters. The van der Waals surface area contributed by atoms with Crippen molar-refractivity contribution in [1.82, 2.24) is 0 Å². The Morgan fingerprint density at radius 1 is 1.78 bits per heavy atom. The molecule has 1 heterocycles. The highest BCUT2D eigenvalue weighted by atomic mass is 16.5. The fourth-order valence-corrected chi connectivity index (χ4v) is 0.508. The standard InChI is InChI=1S/C7H6O2/c1-2-8-6-7-4-3-5-9-7/h1,3-5H,6H2. The summed E-state index contributed by atoms with van der Waals surface area (Å²) in [5.74, 6) is 0.743. The summed E-state index contributed by atoms with van der Waals surface area (Å²) in [6.07, 6.45) is 8.46. The normalized spacial score (nSPS) is 8.33. The molecule has 1 aromatic rings. The Labute approximate surface area is 53.4 Å². The molecule has 9 heavy (non-hydrogen) atoms. The Morgan fingerprint density at radius 3 is 3.22 bits per heavy atom. The Morgan fingerprint density at radius 2 is 2.67 bits per heavy atom. The molecule has 46 valence electrons. The number of terminal acetylenes is 1. The van der Waals surface area contributed by atoms with Crippen LogP contribution in [0.5, 0.6) is 0 Å². The third-order valence-electron chi connectivity index (χ3n) is 0.878. The first kappa shape index (κ1) is 5.77. The van der Waals surface area contributed by atoms with Crippen molar-refractivity contribution in [2.45, 2.75) is 6.61 Å². The number of furan rings is 1. The molecule has 0 saturated heterocycles. The van der Waals surface area contributed by atoms with E-state index in [0.717, 1.165) is 5.76 Å². The molecule has 2 nitrogen and oxygen atoms in total. The zero-order valence-corrected chi connectivity index (χ0v) is 4.83. The number of hydrogen-bond donors (Lipinski definition) is 0. The second-order valence-corrected chi connectivity index (χ2v) is 1.49. The first-order valence-corrected chi connectivity index (χ1v) is 2.53. The molecular weight excluding hydrogens is 116 g/mol. The zero-order chi connectivity index (χ0) is 6.53. The van der Waals surface area contributed by atoms with E-state index < -0.39 is 0 Å². The van der Waals surface area contributed by atoms with Crippen LogP contribution in [0.25, 0.3) is 0 Å². The third kappa shape index (κ3) is 1.54. The predicted octanol–water partition coefficient (Wildman–Crippen LogP) is 1.39. The minimum absolute atomic E-state index is 0.351. The summed E-state index contributed by atoms with van der Waals surface area (Å²) in [5.41, 5.74) is 0. The van der Waals surface area contributed by atoms with Crippen LogP contribution in [0.2, 0.25) is 0 Å². The van der Waals surface area contributed by atoms with Crippen LogP contribution in [0.4, 0.5) is 0 Å². The van der Waals surface area contributed by atoms with E-state index in [4.69, 9.17) is 10.8 Å². The van der Waals surface area contributed by atoms with Crippen LogP contribution >= 0.6 is 0 Å². The number of rotatable bonds is 2. The van der Waals surface area contributed by atoms with Crippen molar-refractivity contribution in [3.63, 3.8) is 0 Å². The Bertz CT molecular complexity index is 193. The number of hydrogen-bond acceptors (Lipinski definition) is 2. The van der Waals surface area contributed by atoms with E-state index in [9.17, 15) is 0 Å². The van der Waals surface area contributed by atoms with Crippen LogP contribution in [-0.4, -0.2) is 0 Å². The molecule has 0 radical (unpaired) electrons. The van der Waals surface area contributed by atoms with Gasteiger partial charge in [-0.2, -0.15) is 0 Å². The highest BCUT2D eigenvalue weighted by molar-refractivity contribution is 4.96. The third-order valence-corrected chi connectivity index (χ3v) is 0.878. The van der Waals surface area contributed by atoms with Crippen molar-refractivity contribution in [1.29, 1.82) is 0 Å². The Hall–Kier alpha value is -1.36. The largest absolute Gasteiger partial charge is 0.466 e. The van der Waals surface area contributed by atoms with Gasteiger partial charge in [0, 0.05) is 0 Å². The lowest BCUT2D eigenvalue weighted by Crippen LogP contribution is -1.80. The zero-order valence-electron chi connectivity index (χ0n) is 4.83. The lowest BCUT2D eigenvalue weighted by molar-refractivity contribution is 0.235. The molecule has 0 N–H and O–H groups in total. The molecule has 0 saturated carbocycles. The van der Waals surface area contributed by atoms with Gasteiger partial charge in [-0.1, -0.05) is 6.42 Å². The van der Waals surface area contributed by atoms with Crippen molar-refractivity contribution in [3.05, 3.63) is 24.2 Å². The summed E-state index contributed by atoms with van der Waals surface area (Å²) in [7, 11) is 0. The molecular formula is C7H6O2. The Balaban J connectivity index is 2.41. The molecule has 0 aromatic carbocycles. The van der Waals surface area contributed by atoms with Gasteiger partial charge >= 0.3 is 0 Å². The summed E-state index contributed by atoms with van der Waals surface area (Å²) in [5, 5.41) is 0. The van der Waals surface area contributed by atoms with Crippen molar-refractivity contribution in [2.24, 2.45) is 0 Å². The molecule has 0 fully saturated rings. The molecule has 0 spiro atoms. The van der Waals surface area contributed by atoms with Crippen molar-refractivity contribution >= 4 is 0 Å². The second kappa shape index (κ2) is 2.83. The maximum absolute atomic E-state index is 4.92. The van der Waals surface area contributed by atoms with Gasteiger partial charge in [-0.05, 0) is 12.1 Å². The van der Waals surface area contributed by atoms with Crippen LogP contribution in [0.1, 0.15) is 5.76 Å². The fraction of sp³-hybridized carbons (Fsp3) is 0.143. The van der Waals surface area contributed by atoms with E-state index in [1.54, 1.807) is 18.4 Å². The number of ether oxygens (including phenoxy) is 1. The highest BCUT2D eigenvalue weighted by Crippen LogP contribution is 2.00. The smallest absolute Gasteiger partial charge is 0.158 e. The fourth-order valence-electron chi connectivity index (χ4n) is 0.508. The van der Waals surface area contributed by atoms with Crippen molar-refractivity contribution in [3.8, 4) is 12.5 Å². The van der Waals surface area contributed by atoms with E-state index in [-0.39, 0.29) is 0 Å². The van der Waals surface area contributed by atoms with E-state index in [2.05, 4.69) is 4.74 Å². The van der Waals surface area contributed by atoms with E-state index in [1.807, 2.05) is 6.11 Å². The lowest BCUT2D eigenvalue weighted by Gasteiger charge is -1.89. The van der Waals surface area contributed by atoms with Gasteiger partial charge in [0.1, 0.15) is 11.9 Å². The lowest BCUT2D eigenvalue weighted by atomic mass is 10.5. The first-order chi connectivity index (χ1) is 4.43. The van der Waals surface area contributed by atoms with Crippen LogP contribution in [0, 0.1) is 12.5 Å². The molecule has 1 aromatic heterocycles. The molecule has 2 heteroatoms. The summed E-state index contributed by atoms with van der Waals surface area (Å²) < 4.78 is 9.53. The van der Waals surface area contributed by atoms with Crippen LogP contribution in [0.3, 0.4) is 0 Å². The van der Waals surface area contributed by atoms with Crippen molar-refractivity contribution in [2.75, 3.05) is 0 Å². The molecule has 0 aliphatic carbocycles. The topological polar surface area (TPSA) is 22.4 Å². The van der Waals surface area contributed by atoms with Gasteiger partial charge in [-0.3, -0.25) is 0 Å². The Kier molecular flexibility index (Phi) is 1.81. The minimum Gasteiger partial charge on any atom is -0.466 e. The van der Waals surface area contributed by atoms with Gasteiger partial charge in [-0.25, -0.2) is 0 Å². The molecule has 0 amide bonds. The van der Waals surface area contributed by atoms with Crippen LogP contribution < -0.4 is 0 Å². The van der Waals surface area contributed by atoms with Crippen molar-refractivity contribution < 1.29 is 9.15 Å². The predicted molar refractivity (Wildman–Crippen MR) is 32.3 cm³/mol. The first-order valence-electron chi connectivity index (χ1n) is 2.53. The van der Waals surface area contributed by atoms with E-state index in [0.29, 0.717) is 6.61 Å². The van der Waals surface area contributed by atoms with Gasteiger partial charge in [0.05, 0.1) is 6.26 Å². The summed E-state index contributed by atoms with van der Waals surface area (Å²) in [6.45, 7) is 0.351. The quantitative estimate of drug-likeness (QED) is 0.553. The van der Waals surface area contributed by atoms with E-state index >= 15 is 0 Å². The van der Waals surface area contributed by atoms with E-state index in [1.165, 1.54) is 0 Å². The van der Waals surface area contributed by atoms with Gasteiger partial charge < -0.3 is 9.15 Å². The maximum Gasteiger partial charge on any atom is 0.158 e. The molecule has 0 aliphatic rings. The summed E-state index contributed by atoms with van der Waals surface area (Å²) >= 11 is 0.